The molecule has 118 valence electrons. The summed E-state index contributed by atoms with van der Waals surface area (Å²) in [6.07, 6.45) is 0.196. The van der Waals surface area contributed by atoms with Crippen molar-refractivity contribution in [2.75, 3.05) is 31.6 Å². The average Bonchev–Trinajstić information content (AvgIpc) is 2.87. The number of H-pyrrole nitrogens is 1. The van der Waals surface area contributed by atoms with Crippen molar-refractivity contribution in [3.8, 4) is 0 Å². The van der Waals surface area contributed by atoms with Gasteiger partial charge in [0.25, 0.3) is 0 Å². The first kappa shape index (κ1) is 15.8. The lowest BCUT2D eigenvalue weighted by molar-refractivity contribution is -0.141. The Kier molecular flexibility index (Phi) is 4.88. The first-order valence-corrected chi connectivity index (χ1v) is 7.56. The van der Waals surface area contributed by atoms with Gasteiger partial charge in [0.1, 0.15) is 0 Å². The number of carbonyl (C=O) groups is 1. The number of anilines is 1. The van der Waals surface area contributed by atoms with Crippen molar-refractivity contribution in [3.63, 3.8) is 0 Å². The molecule has 2 atom stereocenters. The van der Waals surface area contributed by atoms with E-state index in [1.165, 1.54) is 0 Å². The second-order valence-corrected chi connectivity index (χ2v) is 6.25. The molecular weight excluding hydrogens is 268 g/mol. The monoisotopic (exact) mass is 294 g/mol. The summed E-state index contributed by atoms with van der Waals surface area (Å²) in [6.45, 7) is 9.88. The Bertz CT molecular complexity index is 476. The SMILES string of the molecule is CC(C)c1cc(N(C)CC(=O)N2C[C@@H](C)O[C@H](C)C2)n[nH]1. The third kappa shape index (κ3) is 3.97. The Morgan fingerprint density at radius 1 is 1.48 bits per heavy atom. The van der Waals surface area contributed by atoms with E-state index >= 15 is 0 Å². The standard InChI is InChI=1S/C15H26N4O2/c1-10(2)13-6-14(17-16-13)18(5)9-15(20)19-7-11(3)21-12(4)8-19/h6,10-12H,7-9H2,1-5H3,(H,16,17)/t11-,12-/m1/s1. The fraction of sp³-hybridized carbons (Fsp3) is 0.733. The molecule has 0 radical (unpaired) electrons. The summed E-state index contributed by atoms with van der Waals surface area (Å²) >= 11 is 0. The fourth-order valence-electron chi connectivity index (χ4n) is 2.58. The topological polar surface area (TPSA) is 61.5 Å². The molecule has 1 aromatic rings. The lowest BCUT2D eigenvalue weighted by Crippen LogP contribution is -2.50. The van der Waals surface area contributed by atoms with Crippen molar-refractivity contribution in [2.24, 2.45) is 0 Å². The summed E-state index contributed by atoms with van der Waals surface area (Å²) in [7, 11) is 1.89. The van der Waals surface area contributed by atoms with E-state index in [0.29, 0.717) is 25.6 Å². The molecule has 21 heavy (non-hydrogen) atoms. The molecular formula is C15H26N4O2. The molecule has 6 nitrogen and oxygen atoms in total. The predicted octanol–water partition coefficient (Wildman–Crippen LogP) is 1.61. The second kappa shape index (κ2) is 6.47. The van der Waals surface area contributed by atoms with E-state index in [9.17, 15) is 4.79 Å². The Hall–Kier alpha value is -1.56. The summed E-state index contributed by atoms with van der Waals surface area (Å²) in [4.78, 5) is 16.2. The first-order valence-electron chi connectivity index (χ1n) is 7.56. The zero-order valence-electron chi connectivity index (χ0n) is 13.6. The van der Waals surface area contributed by atoms with Gasteiger partial charge in [-0.2, -0.15) is 5.10 Å². The van der Waals surface area contributed by atoms with E-state index in [4.69, 9.17) is 4.74 Å². The minimum atomic E-state index is 0.0981. The van der Waals surface area contributed by atoms with Crippen LogP contribution in [0.5, 0.6) is 0 Å². The van der Waals surface area contributed by atoms with Gasteiger partial charge in [-0.05, 0) is 19.8 Å². The maximum Gasteiger partial charge on any atom is 0.242 e. The number of ether oxygens (including phenoxy) is 1. The van der Waals surface area contributed by atoms with E-state index in [0.717, 1.165) is 11.5 Å². The zero-order valence-corrected chi connectivity index (χ0v) is 13.6. The van der Waals surface area contributed by atoms with E-state index in [1.807, 2.05) is 36.8 Å². The molecule has 0 aliphatic carbocycles. The van der Waals surface area contributed by atoms with Gasteiger partial charge in [0.2, 0.25) is 5.91 Å². The molecule has 1 aliphatic heterocycles. The Morgan fingerprint density at radius 3 is 2.62 bits per heavy atom. The fourth-order valence-corrected chi connectivity index (χ4v) is 2.58. The third-order valence-corrected chi connectivity index (χ3v) is 3.74. The number of carbonyl (C=O) groups excluding carboxylic acids is 1. The van der Waals surface area contributed by atoms with Crippen LogP contribution in [0.1, 0.15) is 39.3 Å². The molecule has 0 unspecified atom stereocenters. The van der Waals surface area contributed by atoms with Crippen LogP contribution in [-0.2, 0) is 9.53 Å². The Balaban J connectivity index is 1.94. The maximum atomic E-state index is 12.4. The molecule has 1 aromatic heterocycles. The highest BCUT2D eigenvalue weighted by Crippen LogP contribution is 2.18. The minimum absolute atomic E-state index is 0.0981. The second-order valence-electron chi connectivity index (χ2n) is 6.25. The summed E-state index contributed by atoms with van der Waals surface area (Å²) in [5, 5.41) is 7.29. The van der Waals surface area contributed by atoms with E-state index in [2.05, 4.69) is 24.0 Å². The summed E-state index contributed by atoms with van der Waals surface area (Å²) < 4.78 is 5.66. The molecule has 0 saturated carbocycles. The van der Waals surface area contributed by atoms with Crippen LogP contribution in [-0.4, -0.2) is 59.9 Å². The molecule has 1 N–H and O–H groups in total. The lowest BCUT2D eigenvalue weighted by Gasteiger charge is -2.36. The van der Waals surface area contributed by atoms with Gasteiger partial charge in [-0.1, -0.05) is 13.8 Å². The van der Waals surface area contributed by atoms with Crippen molar-refractivity contribution < 1.29 is 9.53 Å². The normalized spacial score (nSPS) is 22.7. The van der Waals surface area contributed by atoms with Crippen molar-refractivity contribution in [1.29, 1.82) is 0 Å². The summed E-state index contributed by atoms with van der Waals surface area (Å²) in [5.74, 6) is 1.33. The molecule has 1 saturated heterocycles. The van der Waals surface area contributed by atoms with Crippen LogP contribution in [0.2, 0.25) is 0 Å². The van der Waals surface area contributed by atoms with Crippen LogP contribution in [0, 0.1) is 0 Å². The molecule has 1 fully saturated rings. The van der Waals surface area contributed by atoms with Crippen LogP contribution in [0.4, 0.5) is 5.82 Å². The lowest BCUT2D eigenvalue weighted by atomic mass is 10.1. The van der Waals surface area contributed by atoms with E-state index in [-0.39, 0.29) is 18.1 Å². The number of aromatic amines is 1. The Morgan fingerprint density at radius 2 is 2.10 bits per heavy atom. The zero-order chi connectivity index (χ0) is 15.6. The molecule has 0 spiro atoms. The number of morpholine rings is 1. The van der Waals surface area contributed by atoms with Crippen LogP contribution in [0.25, 0.3) is 0 Å². The highest BCUT2D eigenvalue weighted by molar-refractivity contribution is 5.81. The molecule has 1 amide bonds. The van der Waals surface area contributed by atoms with Crippen LogP contribution >= 0.6 is 0 Å². The van der Waals surface area contributed by atoms with Gasteiger partial charge in [-0.15, -0.1) is 0 Å². The van der Waals surface area contributed by atoms with Crippen molar-refractivity contribution in [2.45, 2.75) is 45.8 Å². The highest BCUT2D eigenvalue weighted by Gasteiger charge is 2.26. The van der Waals surface area contributed by atoms with Gasteiger partial charge >= 0.3 is 0 Å². The van der Waals surface area contributed by atoms with E-state index in [1.54, 1.807) is 0 Å². The van der Waals surface area contributed by atoms with Crippen LogP contribution in [0.15, 0.2) is 6.07 Å². The number of amides is 1. The van der Waals surface area contributed by atoms with Crippen molar-refractivity contribution >= 4 is 11.7 Å². The van der Waals surface area contributed by atoms with Gasteiger partial charge in [-0.25, -0.2) is 0 Å². The van der Waals surface area contributed by atoms with Crippen molar-refractivity contribution in [3.05, 3.63) is 11.8 Å². The first-order chi connectivity index (χ1) is 9.86. The molecule has 2 rings (SSSR count). The molecule has 6 heteroatoms. The van der Waals surface area contributed by atoms with Gasteiger partial charge < -0.3 is 14.5 Å². The number of nitrogens with one attached hydrogen (secondary N) is 1. The van der Waals surface area contributed by atoms with Crippen LogP contribution < -0.4 is 4.90 Å². The van der Waals surface area contributed by atoms with Crippen molar-refractivity contribution in [1.82, 2.24) is 15.1 Å². The number of hydrogen-bond acceptors (Lipinski definition) is 4. The molecule has 0 aromatic carbocycles. The summed E-state index contributed by atoms with van der Waals surface area (Å²) in [6, 6.07) is 2.00. The smallest absolute Gasteiger partial charge is 0.242 e. The van der Waals surface area contributed by atoms with E-state index < -0.39 is 0 Å². The molecule has 2 heterocycles. The van der Waals surface area contributed by atoms with Crippen LogP contribution in [0.3, 0.4) is 0 Å². The van der Waals surface area contributed by atoms with Gasteiger partial charge in [0, 0.05) is 31.9 Å². The van der Waals surface area contributed by atoms with Gasteiger partial charge in [0.05, 0.1) is 18.8 Å². The molecule has 1 aliphatic rings. The summed E-state index contributed by atoms with van der Waals surface area (Å²) in [5.41, 5.74) is 1.08. The molecule has 0 bridgehead atoms. The predicted molar refractivity (Wildman–Crippen MR) is 82.5 cm³/mol. The highest BCUT2D eigenvalue weighted by atomic mass is 16.5. The number of aromatic nitrogens is 2. The average molecular weight is 294 g/mol. The van der Waals surface area contributed by atoms with Gasteiger partial charge in [0.15, 0.2) is 5.82 Å². The number of hydrogen-bond donors (Lipinski definition) is 1. The number of rotatable bonds is 4. The minimum Gasteiger partial charge on any atom is -0.372 e. The van der Waals surface area contributed by atoms with Gasteiger partial charge in [-0.3, -0.25) is 9.89 Å². The number of nitrogens with zero attached hydrogens (tertiary/aromatic N) is 3. The number of likely N-dealkylation sites (N-methyl/N-ethyl adjacent to an activating group) is 1. The quantitative estimate of drug-likeness (QED) is 0.916. The largest absolute Gasteiger partial charge is 0.372 e. The maximum absolute atomic E-state index is 12.4. The Labute approximate surface area is 126 Å². The third-order valence-electron chi connectivity index (χ3n) is 3.74.